The molecule has 0 saturated heterocycles. The molecule has 0 atom stereocenters. The Morgan fingerprint density at radius 1 is 1.25 bits per heavy atom. The number of hydrogen-bond acceptors (Lipinski definition) is 2. The topological polar surface area (TPSA) is 32.3 Å². The number of rotatable bonds is 1. The van der Waals surface area contributed by atoms with Crippen molar-refractivity contribution in [2.75, 3.05) is 19.4 Å². The molecule has 3 heteroatoms. The van der Waals surface area contributed by atoms with Gasteiger partial charge in [0.15, 0.2) is 0 Å². The van der Waals surface area contributed by atoms with Gasteiger partial charge in [0.05, 0.1) is 6.42 Å². The molecule has 1 N–H and O–H groups in total. The molecular formula is C13H20N2O. The highest BCUT2D eigenvalue weighted by Crippen LogP contribution is 2.22. The van der Waals surface area contributed by atoms with Crippen molar-refractivity contribution in [3.63, 3.8) is 0 Å². The molecule has 1 amide bonds. The lowest BCUT2D eigenvalue weighted by atomic mass is 9.99. The van der Waals surface area contributed by atoms with Gasteiger partial charge >= 0.3 is 0 Å². The van der Waals surface area contributed by atoms with E-state index in [1.54, 1.807) is 4.90 Å². The van der Waals surface area contributed by atoms with Crippen LogP contribution in [0.1, 0.15) is 25.0 Å². The van der Waals surface area contributed by atoms with Gasteiger partial charge in [-0.1, -0.05) is 19.9 Å². The van der Waals surface area contributed by atoms with Crippen LogP contribution in [0, 0.1) is 0 Å². The zero-order valence-electron chi connectivity index (χ0n) is 10.5. The monoisotopic (exact) mass is 220 g/mol. The first-order chi connectivity index (χ1) is 7.70. The first-order valence-electron chi connectivity index (χ1n) is 5.74. The van der Waals surface area contributed by atoms with E-state index in [0.29, 0.717) is 6.42 Å². The van der Waals surface area contributed by atoms with Crippen LogP contribution in [0.15, 0.2) is 18.2 Å². The van der Waals surface area contributed by atoms with Crippen LogP contribution in [0.4, 0.5) is 5.69 Å². The van der Waals surface area contributed by atoms with Crippen molar-refractivity contribution in [1.82, 2.24) is 4.90 Å². The van der Waals surface area contributed by atoms with E-state index in [9.17, 15) is 4.79 Å². The molecule has 1 aromatic carbocycles. The van der Waals surface area contributed by atoms with Crippen molar-refractivity contribution < 1.29 is 4.79 Å². The number of benzene rings is 1. The van der Waals surface area contributed by atoms with Crippen LogP contribution >= 0.6 is 0 Å². The Kier molecular flexibility index (Phi) is 4.35. The number of amides is 1. The summed E-state index contributed by atoms with van der Waals surface area (Å²) in [6.07, 6.45) is 0.538. The highest BCUT2D eigenvalue weighted by Gasteiger charge is 2.19. The summed E-state index contributed by atoms with van der Waals surface area (Å²) in [4.78, 5) is 13.2. The second-order valence-corrected chi connectivity index (χ2v) is 3.66. The molecule has 0 bridgehead atoms. The Hall–Kier alpha value is -1.51. The molecule has 88 valence electrons. The number of likely N-dealkylation sites (N-methyl/N-ethyl adjacent to an activating group) is 1. The molecule has 16 heavy (non-hydrogen) atoms. The smallest absolute Gasteiger partial charge is 0.227 e. The van der Waals surface area contributed by atoms with Gasteiger partial charge in [0.2, 0.25) is 5.91 Å². The predicted molar refractivity (Wildman–Crippen MR) is 67.5 cm³/mol. The molecule has 1 heterocycles. The SMILES string of the molecule is CC.CNc1ccc2c(c1)CN(C)C(=O)C2. The minimum Gasteiger partial charge on any atom is -0.388 e. The van der Waals surface area contributed by atoms with E-state index in [0.717, 1.165) is 17.8 Å². The van der Waals surface area contributed by atoms with E-state index in [1.165, 1.54) is 5.56 Å². The maximum absolute atomic E-state index is 11.4. The number of carbonyl (C=O) groups is 1. The Labute approximate surface area is 97.5 Å². The van der Waals surface area contributed by atoms with Gasteiger partial charge in [-0.25, -0.2) is 0 Å². The summed E-state index contributed by atoms with van der Waals surface area (Å²) < 4.78 is 0. The molecule has 0 unspecified atom stereocenters. The third-order valence-electron chi connectivity index (χ3n) is 2.67. The molecule has 0 saturated carbocycles. The van der Waals surface area contributed by atoms with Crippen molar-refractivity contribution in [1.29, 1.82) is 0 Å². The summed E-state index contributed by atoms with van der Waals surface area (Å²) in [6, 6.07) is 6.15. The second kappa shape index (κ2) is 5.54. The Morgan fingerprint density at radius 2 is 1.94 bits per heavy atom. The molecule has 0 spiro atoms. The molecule has 2 rings (SSSR count). The van der Waals surface area contributed by atoms with Crippen molar-refractivity contribution >= 4 is 11.6 Å². The first-order valence-corrected chi connectivity index (χ1v) is 5.74. The summed E-state index contributed by atoms with van der Waals surface area (Å²) in [6.45, 7) is 4.73. The van der Waals surface area contributed by atoms with E-state index in [2.05, 4.69) is 11.4 Å². The molecule has 1 aromatic rings. The van der Waals surface area contributed by atoms with E-state index in [-0.39, 0.29) is 5.91 Å². The molecule has 1 aliphatic rings. The fourth-order valence-corrected chi connectivity index (χ4v) is 1.74. The number of carbonyl (C=O) groups excluding carboxylic acids is 1. The van der Waals surface area contributed by atoms with E-state index in [4.69, 9.17) is 0 Å². The maximum atomic E-state index is 11.4. The maximum Gasteiger partial charge on any atom is 0.227 e. The van der Waals surface area contributed by atoms with Crippen LogP contribution in [0.25, 0.3) is 0 Å². The number of fused-ring (bicyclic) bond motifs is 1. The van der Waals surface area contributed by atoms with E-state index in [1.807, 2.05) is 40.1 Å². The van der Waals surface area contributed by atoms with Crippen LogP contribution in [0.5, 0.6) is 0 Å². The van der Waals surface area contributed by atoms with E-state index >= 15 is 0 Å². The highest BCUT2D eigenvalue weighted by atomic mass is 16.2. The Balaban J connectivity index is 0.000000606. The molecule has 3 nitrogen and oxygen atoms in total. The van der Waals surface area contributed by atoms with Crippen molar-refractivity contribution in [3.05, 3.63) is 29.3 Å². The van der Waals surface area contributed by atoms with Gasteiger partial charge in [-0.2, -0.15) is 0 Å². The van der Waals surface area contributed by atoms with Gasteiger partial charge in [0.25, 0.3) is 0 Å². The molecule has 0 fully saturated rings. The van der Waals surface area contributed by atoms with Crippen LogP contribution in [-0.4, -0.2) is 24.9 Å². The van der Waals surface area contributed by atoms with Crippen molar-refractivity contribution in [2.45, 2.75) is 26.8 Å². The van der Waals surface area contributed by atoms with Crippen LogP contribution in [0.2, 0.25) is 0 Å². The van der Waals surface area contributed by atoms with Gasteiger partial charge in [-0.15, -0.1) is 0 Å². The summed E-state index contributed by atoms with van der Waals surface area (Å²) in [5.41, 5.74) is 3.51. The van der Waals surface area contributed by atoms with Gasteiger partial charge in [-0.05, 0) is 23.3 Å². The minimum absolute atomic E-state index is 0.203. The Bertz CT molecular complexity index is 374. The second-order valence-electron chi connectivity index (χ2n) is 3.66. The lowest BCUT2D eigenvalue weighted by Gasteiger charge is -2.25. The summed E-state index contributed by atoms with van der Waals surface area (Å²) in [7, 11) is 3.75. The molecule has 1 aliphatic heterocycles. The van der Waals surface area contributed by atoms with Gasteiger partial charge in [0, 0.05) is 26.3 Å². The van der Waals surface area contributed by atoms with Crippen molar-refractivity contribution in [3.8, 4) is 0 Å². The third kappa shape index (κ3) is 2.54. The predicted octanol–water partition coefficient (Wildman–Crippen LogP) is 2.27. The normalized spacial score (nSPS) is 13.8. The first kappa shape index (κ1) is 12.6. The Morgan fingerprint density at radius 3 is 2.56 bits per heavy atom. The summed E-state index contributed by atoms with van der Waals surface area (Å²) in [5.74, 6) is 0.203. The van der Waals surface area contributed by atoms with Crippen LogP contribution in [-0.2, 0) is 17.8 Å². The number of nitrogens with zero attached hydrogens (tertiary/aromatic N) is 1. The molecule has 0 aliphatic carbocycles. The fraction of sp³-hybridized carbons (Fsp3) is 0.462. The zero-order chi connectivity index (χ0) is 12.1. The fourth-order valence-electron chi connectivity index (χ4n) is 1.74. The third-order valence-corrected chi connectivity index (χ3v) is 2.67. The van der Waals surface area contributed by atoms with Crippen molar-refractivity contribution in [2.24, 2.45) is 0 Å². The lowest BCUT2D eigenvalue weighted by Crippen LogP contribution is -2.32. The average molecular weight is 220 g/mol. The largest absolute Gasteiger partial charge is 0.388 e. The van der Waals surface area contributed by atoms with E-state index < -0.39 is 0 Å². The van der Waals surface area contributed by atoms with Crippen LogP contribution < -0.4 is 5.32 Å². The van der Waals surface area contributed by atoms with Gasteiger partial charge < -0.3 is 10.2 Å². The lowest BCUT2D eigenvalue weighted by molar-refractivity contribution is -0.130. The highest BCUT2D eigenvalue weighted by molar-refractivity contribution is 5.81. The molecule has 0 radical (unpaired) electrons. The molecular weight excluding hydrogens is 200 g/mol. The average Bonchev–Trinajstić information content (AvgIpc) is 2.33. The quantitative estimate of drug-likeness (QED) is 0.787. The number of nitrogens with one attached hydrogen (secondary N) is 1. The standard InChI is InChI=1S/C11H14N2O.C2H6/c1-12-10-4-3-8-6-11(14)13(2)7-9(8)5-10;1-2/h3-5,12H,6-7H2,1-2H3;1-2H3. The number of anilines is 1. The molecule has 0 aromatic heterocycles. The van der Waals surface area contributed by atoms with Gasteiger partial charge in [-0.3, -0.25) is 4.79 Å². The minimum atomic E-state index is 0.203. The summed E-state index contributed by atoms with van der Waals surface area (Å²) >= 11 is 0. The zero-order valence-corrected chi connectivity index (χ0v) is 10.5. The van der Waals surface area contributed by atoms with Crippen LogP contribution in [0.3, 0.4) is 0 Å². The van der Waals surface area contributed by atoms with Gasteiger partial charge in [0.1, 0.15) is 0 Å². The summed E-state index contributed by atoms with van der Waals surface area (Å²) in [5, 5.41) is 3.10. The number of hydrogen-bond donors (Lipinski definition) is 1.